The van der Waals surface area contributed by atoms with E-state index in [-0.39, 0.29) is 11.1 Å². The van der Waals surface area contributed by atoms with E-state index in [1.807, 2.05) is 6.92 Å². The number of methoxy groups -OCH3 is 1. The zero-order chi connectivity index (χ0) is 19.1. The summed E-state index contributed by atoms with van der Waals surface area (Å²) in [4.78, 5) is 12.0. The maximum absolute atomic E-state index is 13.8. The van der Waals surface area contributed by atoms with Crippen LogP contribution in [-0.4, -0.2) is 25.8 Å². The second-order valence-corrected chi connectivity index (χ2v) is 5.83. The van der Waals surface area contributed by atoms with Gasteiger partial charge in [-0.15, -0.1) is 0 Å². The van der Waals surface area contributed by atoms with Crippen molar-refractivity contribution in [1.82, 2.24) is 5.43 Å². The smallest absolute Gasteiger partial charge is 0.274 e. The first-order valence-electron chi connectivity index (χ1n) is 7.53. The molecule has 6 nitrogen and oxygen atoms in total. The average molecular weight is 420 g/mol. The summed E-state index contributed by atoms with van der Waals surface area (Å²) in [5.74, 6) is -0.439. The summed E-state index contributed by atoms with van der Waals surface area (Å²) in [5, 5.41) is 12.5. The Morgan fingerprint density at radius 3 is 2.81 bits per heavy atom. The molecule has 134 valence electrons. The van der Waals surface area contributed by atoms with E-state index in [4.69, 9.17) is 14.7 Å². The van der Waals surface area contributed by atoms with Crippen LogP contribution in [0.2, 0.25) is 0 Å². The normalized spacial score (nSPS) is 10.4. The van der Waals surface area contributed by atoms with Gasteiger partial charge in [-0.1, -0.05) is 0 Å². The Labute approximate surface area is 158 Å². The Bertz CT molecular complexity index is 894. The monoisotopic (exact) mass is 419 g/mol. The van der Waals surface area contributed by atoms with Crippen LogP contribution in [0, 0.1) is 17.1 Å². The standard InChI is InChI=1S/C18H15BrFN3O3/c1-3-26-17-14(19)6-12(8-16(17)25-2)10-22-23-18(24)13-5-4-11(9-21)7-15(13)20/h4-8,10H,3H2,1-2H3,(H,23,24)/b22-10-. The van der Waals surface area contributed by atoms with E-state index in [9.17, 15) is 9.18 Å². The molecule has 0 aromatic heterocycles. The molecule has 0 bridgehead atoms. The maximum atomic E-state index is 13.8. The predicted molar refractivity (Wildman–Crippen MR) is 98.0 cm³/mol. The van der Waals surface area contributed by atoms with E-state index >= 15 is 0 Å². The average Bonchev–Trinajstić information content (AvgIpc) is 2.63. The Hall–Kier alpha value is -2.92. The van der Waals surface area contributed by atoms with Gasteiger partial charge in [0.1, 0.15) is 5.82 Å². The molecule has 0 aliphatic carbocycles. The molecule has 0 spiro atoms. The lowest BCUT2D eigenvalue weighted by atomic mass is 10.1. The van der Waals surface area contributed by atoms with Gasteiger partial charge in [-0.05, 0) is 58.7 Å². The SMILES string of the molecule is CCOc1c(Br)cc(/C=N\NC(=O)c2ccc(C#N)cc2F)cc1OC. The van der Waals surface area contributed by atoms with Crippen LogP contribution < -0.4 is 14.9 Å². The number of hydrogen-bond acceptors (Lipinski definition) is 5. The maximum Gasteiger partial charge on any atom is 0.274 e. The number of carbonyl (C=O) groups is 1. The highest BCUT2D eigenvalue weighted by atomic mass is 79.9. The minimum atomic E-state index is -0.790. The molecule has 2 aromatic rings. The van der Waals surface area contributed by atoms with Crippen molar-refractivity contribution < 1.29 is 18.7 Å². The molecule has 0 heterocycles. The topological polar surface area (TPSA) is 83.7 Å². The molecule has 8 heteroatoms. The summed E-state index contributed by atoms with van der Waals surface area (Å²) in [6.45, 7) is 2.34. The van der Waals surface area contributed by atoms with Crippen molar-refractivity contribution in [3.05, 3.63) is 57.3 Å². The lowest BCUT2D eigenvalue weighted by molar-refractivity contribution is 0.0951. The number of nitrogens with one attached hydrogen (secondary N) is 1. The molecule has 0 atom stereocenters. The van der Waals surface area contributed by atoms with Gasteiger partial charge in [-0.2, -0.15) is 10.4 Å². The highest BCUT2D eigenvalue weighted by Gasteiger charge is 2.12. The van der Waals surface area contributed by atoms with E-state index in [1.165, 1.54) is 25.5 Å². The number of hydrogen-bond donors (Lipinski definition) is 1. The van der Waals surface area contributed by atoms with E-state index in [2.05, 4.69) is 26.5 Å². The zero-order valence-electron chi connectivity index (χ0n) is 14.0. The van der Waals surface area contributed by atoms with Crippen LogP contribution in [0.1, 0.15) is 28.4 Å². The Balaban J connectivity index is 2.14. The van der Waals surface area contributed by atoms with Crippen LogP contribution in [0.25, 0.3) is 0 Å². The molecule has 26 heavy (non-hydrogen) atoms. The lowest BCUT2D eigenvalue weighted by Gasteiger charge is -2.11. The van der Waals surface area contributed by atoms with Gasteiger partial charge in [0, 0.05) is 0 Å². The summed E-state index contributed by atoms with van der Waals surface area (Å²) in [6, 6.07) is 8.81. The van der Waals surface area contributed by atoms with Crippen molar-refractivity contribution in [3.63, 3.8) is 0 Å². The molecular formula is C18H15BrFN3O3. The molecular weight excluding hydrogens is 405 g/mol. The van der Waals surface area contributed by atoms with Crippen LogP contribution in [0.15, 0.2) is 39.9 Å². The number of hydrazone groups is 1. The minimum Gasteiger partial charge on any atom is -0.493 e. The van der Waals surface area contributed by atoms with Crippen LogP contribution in [0.4, 0.5) is 4.39 Å². The number of amides is 1. The van der Waals surface area contributed by atoms with Gasteiger partial charge in [-0.25, -0.2) is 9.82 Å². The van der Waals surface area contributed by atoms with Crippen molar-refractivity contribution >= 4 is 28.1 Å². The number of ether oxygens (including phenoxy) is 2. The van der Waals surface area contributed by atoms with Crippen LogP contribution in [0.3, 0.4) is 0 Å². The van der Waals surface area contributed by atoms with Crippen molar-refractivity contribution in [2.24, 2.45) is 5.10 Å². The summed E-state index contributed by atoms with van der Waals surface area (Å²) >= 11 is 3.39. The molecule has 1 N–H and O–H groups in total. The molecule has 0 unspecified atom stereocenters. The fraction of sp³-hybridized carbons (Fsp3) is 0.167. The van der Waals surface area contributed by atoms with Gasteiger partial charge >= 0.3 is 0 Å². The number of nitriles is 1. The molecule has 0 aliphatic rings. The third-order valence-corrected chi connectivity index (χ3v) is 3.85. The van der Waals surface area contributed by atoms with Gasteiger partial charge in [0.2, 0.25) is 0 Å². The third-order valence-electron chi connectivity index (χ3n) is 3.26. The molecule has 0 saturated carbocycles. The summed E-state index contributed by atoms with van der Waals surface area (Å²) in [5.41, 5.74) is 2.81. The third kappa shape index (κ3) is 4.58. The van der Waals surface area contributed by atoms with Crippen LogP contribution in [0.5, 0.6) is 11.5 Å². The number of halogens is 2. The highest BCUT2D eigenvalue weighted by molar-refractivity contribution is 9.10. The molecule has 0 radical (unpaired) electrons. The van der Waals surface area contributed by atoms with Gasteiger partial charge in [-0.3, -0.25) is 4.79 Å². The molecule has 0 saturated heterocycles. The first kappa shape index (κ1) is 19.4. The summed E-state index contributed by atoms with van der Waals surface area (Å²) < 4.78 is 25.2. The lowest BCUT2D eigenvalue weighted by Crippen LogP contribution is -2.19. The van der Waals surface area contributed by atoms with Gasteiger partial charge in [0.15, 0.2) is 11.5 Å². The first-order valence-corrected chi connectivity index (χ1v) is 8.32. The fourth-order valence-electron chi connectivity index (χ4n) is 2.09. The second kappa shape index (κ2) is 8.97. The summed E-state index contributed by atoms with van der Waals surface area (Å²) in [7, 11) is 1.51. The number of benzene rings is 2. The van der Waals surface area contributed by atoms with Crippen LogP contribution in [-0.2, 0) is 0 Å². The van der Waals surface area contributed by atoms with Crippen molar-refractivity contribution in [2.45, 2.75) is 6.92 Å². The van der Waals surface area contributed by atoms with Crippen molar-refractivity contribution in [3.8, 4) is 17.6 Å². The van der Waals surface area contributed by atoms with E-state index in [0.717, 1.165) is 6.07 Å². The van der Waals surface area contributed by atoms with E-state index in [0.29, 0.717) is 28.1 Å². The summed E-state index contributed by atoms with van der Waals surface area (Å²) in [6.07, 6.45) is 1.39. The fourth-order valence-corrected chi connectivity index (χ4v) is 2.67. The first-order chi connectivity index (χ1) is 12.5. The van der Waals surface area contributed by atoms with Gasteiger partial charge in [0.05, 0.1) is 41.6 Å². The molecule has 2 rings (SSSR count). The largest absolute Gasteiger partial charge is 0.493 e. The second-order valence-electron chi connectivity index (χ2n) is 4.97. The van der Waals surface area contributed by atoms with Crippen molar-refractivity contribution in [2.75, 3.05) is 13.7 Å². The molecule has 0 fully saturated rings. The van der Waals surface area contributed by atoms with E-state index in [1.54, 1.807) is 18.2 Å². The van der Waals surface area contributed by atoms with Crippen molar-refractivity contribution in [1.29, 1.82) is 5.26 Å². The van der Waals surface area contributed by atoms with Crippen LogP contribution >= 0.6 is 15.9 Å². The van der Waals surface area contributed by atoms with Gasteiger partial charge in [0.25, 0.3) is 5.91 Å². The quantitative estimate of drug-likeness (QED) is 0.572. The van der Waals surface area contributed by atoms with Gasteiger partial charge < -0.3 is 9.47 Å². The number of rotatable bonds is 6. The minimum absolute atomic E-state index is 0.133. The molecule has 1 amide bonds. The Kier molecular flexibility index (Phi) is 6.69. The Morgan fingerprint density at radius 2 is 2.19 bits per heavy atom. The molecule has 0 aliphatic heterocycles. The predicted octanol–water partition coefficient (Wildman–Crippen LogP) is 3.63. The zero-order valence-corrected chi connectivity index (χ0v) is 15.6. The number of carbonyl (C=O) groups excluding carboxylic acids is 1. The highest BCUT2D eigenvalue weighted by Crippen LogP contribution is 2.36. The molecule has 2 aromatic carbocycles. The Morgan fingerprint density at radius 1 is 1.42 bits per heavy atom. The van der Waals surface area contributed by atoms with E-state index < -0.39 is 11.7 Å². The number of nitrogens with zero attached hydrogens (tertiary/aromatic N) is 2.